The zero-order chi connectivity index (χ0) is 39.1. The van der Waals surface area contributed by atoms with Crippen LogP contribution in [0.2, 0.25) is 10.0 Å². The predicted octanol–water partition coefficient (Wildman–Crippen LogP) is 9.68. The van der Waals surface area contributed by atoms with Crippen LogP contribution in [0.1, 0.15) is 84.5 Å². The summed E-state index contributed by atoms with van der Waals surface area (Å²) in [4.78, 5) is 34.5. The fraction of sp³-hybridized carbons (Fsp3) is 0.349. The van der Waals surface area contributed by atoms with Crippen LogP contribution in [0.4, 0.5) is 18.4 Å². The number of likely N-dealkylation sites (tertiary alicyclic amines) is 2. The minimum Gasteiger partial charge on any atom is -0.323 e. The average Bonchev–Trinajstić information content (AvgIpc) is 3.83. The summed E-state index contributed by atoms with van der Waals surface area (Å²) in [6, 6.07) is 24.8. The van der Waals surface area contributed by atoms with Gasteiger partial charge in [0.2, 0.25) is 0 Å². The number of benzene rings is 4. The first-order valence-electron chi connectivity index (χ1n) is 19.1. The van der Waals surface area contributed by atoms with E-state index < -0.39 is 23.7 Å². The smallest absolute Gasteiger partial charge is 0.323 e. The number of rotatable bonds is 7. The molecule has 2 saturated heterocycles. The van der Waals surface area contributed by atoms with Gasteiger partial charge in [0.1, 0.15) is 11.6 Å². The van der Waals surface area contributed by atoms with E-state index in [1.54, 1.807) is 17.0 Å². The number of urea groups is 2. The molecular formula is C43H43Cl2F2N7O2. The minimum atomic E-state index is -0.473. The van der Waals surface area contributed by atoms with Crippen molar-refractivity contribution in [1.82, 2.24) is 24.7 Å². The molecule has 4 amide bonds. The van der Waals surface area contributed by atoms with Gasteiger partial charge in [-0.2, -0.15) is 10.2 Å². The monoisotopic (exact) mass is 797 g/mol. The van der Waals surface area contributed by atoms with E-state index in [0.29, 0.717) is 53.9 Å². The molecule has 9 nitrogen and oxygen atoms in total. The molecule has 56 heavy (non-hydrogen) atoms. The van der Waals surface area contributed by atoms with Crippen molar-refractivity contribution in [1.29, 1.82) is 0 Å². The van der Waals surface area contributed by atoms with Crippen molar-refractivity contribution >= 4 is 46.7 Å². The van der Waals surface area contributed by atoms with Crippen LogP contribution >= 0.6 is 23.2 Å². The number of piperidine rings is 1. The Morgan fingerprint density at radius 3 is 1.88 bits per heavy atom. The topological polar surface area (TPSA) is 75.1 Å². The SMILES string of the molecule is CN(C)C(c1cccc(C2CC(c3cc(Cl)ccc3F)=NN2C(=O)N2CCC2)c1)C1CCCCN1C(=O)N1N=C(c2cc(Cl)ccc2F)CC1c1ccccc1. The highest BCUT2D eigenvalue weighted by atomic mass is 35.5. The second-order valence-corrected chi connectivity index (χ2v) is 16.0. The molecule has 4 atom stereocenters. The summed E-state index contributed by atoms with van der Waals surface area (Å²) in [6.07, 6.45) is 4.10. The lowest BCUT2D eigenvalue weighted by atomic mass is 9.88. The summed E-state index contributed by atoms with van der Waals surface area (Å²) in [7, 11) is 4.02. The van der Waals surface area contributed by atoms with Crippen molar-refractivity contribution in [3.05, 3.63) is 140 Å². The summed E-state index contributed by atoms with van der Waals surface area (Å²) in [5, 5.41) is 13.3. The number of halogens is 4. The Hall–Kier alpha value is -4.84. The van der Waals surface area contributed by atoms with E-state index in [0.717, 1.165) is 42.4 Å². The predicted molar refractivity (Wildman–Crippen MR) is 215 cm³/mol. The van der Waals surface area contributed by atoms with Crippen molar-refractivity contribution in [3.63, 3.8) is 0 Å². The van der Waals surface area contributed by atoms with Crippen LogP contribution < -0.4 is 0 Å². The largest absolute Gasteiger partial charge is 0.341 e. The van der Waals surface area contributed by atoms with Gasteiger partial charge in [-0.3, -0.25) is 0 Å². The number of hydrazone groups is 2. The molecule has 13 heteroatoms. The first-order valence-corrected chi connectivity index (χ1v) is 19.9. The first-order chi connectivity index (χ1) is 27.1. The van der Waals surface area contributed by atoms with Crippen molar-refractivity contribution in [2.24, 2.45) is 10.2 Å². The lowest BCUT2D eigenvalue weighted by Gasteiger charge is -2.44. The Bertz CT molecular complexity index is 2200. The molecule has 0 aliphatic carbocycles. The number of likely N-dealkylation sites (N-methyl/N-ethyl adjacent to an activating group) is 1. The third-order valence-corrected chi connectivity index (χ3v) is 11.8. The Balaban J connectivity index is 1.12. The number of hydrogen-bond acceptors (Lipinski definition) is 5. The molecule has 4 aromatic rings. The van der Waals surface area contributed by atoms with Gasteiger partial charge in [0.25, 0.3) is 0 Å². The van der Waals surface area contributed by atoms with Crippen LogP contribution in [0.15, 0.2) is 101 Å². The van der Waals surface area contributed by atoms with Crippen molar-refractivity contribution in [2.75, 3.05) is 33.7 Å². The molecule has 0 aromatic heterocycles. The van der Waals surface area contributed by atoms with Gasteiger partial charge in [-0.15, -0.1) is 0 Å². The van der Waals surface area contributed by atoms with E-state index in [4.69, 9.17) is 33.4 Å². The van der Waals surface area contributed by atoms with Crippen LogP contribution in [0.5, 0.6) is 0 Å². The molecule has 0 spiro atoms. The molecular weight excluding hydrogens is 755 g/mol. The molecule has 4 heterocycles. The quantitative estimate of drug-likeness (QED) is 0.187. The van der Waals surface area contributed by atoms with E-state index in [-0.39, 0.29) is 35.3 Å². The normalized spacial score (nSPS) is 21.6. The summed E-state index contributed by atoms with van der Waals surface area (Å²) < 4.78 is 30.3. The highest BCUT2D eigenvalue weighted by Crippen LogP contribution is 2.41. The molecule has 0 N–H and O–H groups in total. The minimum absolute atomic E-state index is 0.214. The fourth-order valence-corrected chi connectivity index (χ4v) is 8.80. The van der Waals surface area contributed by atoms with Crippen LogP contribution in [0, 0.1) is 11.6 Å². The second kappa shape index (κ2) is 16.0. The van der Waals surface area contributed by atoms with Gasteiger partial charge in [0, 0.05) is 53.6 Å². The lowest BCUT2D eigenvalue weighted by Crippen LogP contribution is -2.53. The highest BCUT2D eigenvalue weighted by molar-refractivity contribution is 6.31. The van der Waals surface area contributed by atoms with E-state index in [1.165, 1.54) is 34.3 Å². The summed E-state index contributed by atoms with van der Waals surface area (Å²) in [6.45, 7) is 1.83. The maximum atomic E-state index is 15.2. The van der Waals surface area contributed by atoms with Crippen molar-refractivity contribution in [3.8, 4) is 0 Å². The molecule has 4 aliphatic rings. The van der Waals surface area contributed by atoms with Gasteiger partial charge in [0.05, 0.1) is 35.6 Å². The molecule has 4 aliphatic heterocycles. The highest BCUT2D eigenvalue weighted by Gasteiger charge is 2.43. The molecule has 290 valence electrons. The molecule has 0 saturated carbocycles. The maximum absolute atomic E-state index is 15.2. The van der Waals surface area contributed by atoms with Crippen molar-refractivity contribution < 1.29 is 18.4 Å². The Labute approximate surface area is 335 Å². The van der Waals surface area contributed by atoms with Crippen LogP contribution in [-0.4, -0.2) is 88.0 Å². The van der Waals surface area contributed by atoms with E-state index >= 15 is 8.78 Å². The Morgan fingerprint density at radius 1 is 0.696 bits per heavy atom. The second-order valence-electron chi connectivity index (χ2n) is 15.1. The average molecular weight is 799 g/mol. The number of carbonyl (C=O) groups excluding carboxylic acids is 2. The van der Waals surface area contributed by atoms with E-state index in [2.05, 4.69) is 17.0 Å². The molecule has 0 radical (unpaired) electrons. The summed E-state index contributed by atoms with van der Waals surface area (Å²) in [5.74, 6) is -0.893. The van der Waals surface area contributed by atoms with Crippen LogP contribution in [-0.2, 0) is 0 Å². The third-order valence-electron chi connectivity index (χ3n) is 11.4. The molecule has 4 aromatic carbocycles. The van der Waals surface area contributed by atoms with E-state index in [9.17, 15) is 9.59 Å². The number of hydrogen-bond donors (Lipinski definition) is 0. The standard InChI is InChI=1S/C43H43Cl2F2N7O2/c1-50(2)41(29-13-8-12-28(22-29)40-26-37(33-24-31(45)16-18-35(33)47)48-53(40)42(55)51-19-9-20-51)38-14-6-7-21-52(38)43(56)54-39(27-10-4-3-5-11-27)25-36(49-54)32-23-30(44)15-17-34(32)46/h3-5,8,10-13,15-18,22-24,38-41H,6-7,9,14,19-21,25-26H2,1-2H3. The van der Waals surface area contributed by atoms with Gasteiger partial charge < -0.3 is 14.7 Å². The van der Waals surface area contributed by atoms with Crippen LogP contribution in [0.25, 0.3) is 0 Å². The molecule has 4 unspecified atom stereocenters. The van der Waals surface area contributed by atoms with Gasteiger partial charge in [-0.1, -0.05) is 77.8 Å². The summed E-state index contributed by atoms with van der Waals surface area (Å²) >= 11 is 12.6. The number of nitrogens with zero attached hydrogens (tertiary/aromatic N) is 7. The molecule has 0 bridgehead atoms. The fourth-order valence-electron chi connectivity index (χ4n) is 8.45. The first kappa shape index (κ1) is 38.1. The Morgan fingerprint density at radius 2 is 1.29 bits per heavy atom. The maximum Gasteiger partial charge on any atom is 0.341 e. The van der Waals surface area contributed by atoms with Gasteiger partial charge in [-0.05, 0) is 92.9 Å². The molecule has 2 fully saturated rings. The zero-order valence-corrected chi connectivity index (χ0v) is 32.8. The molecule has 8 rings (SSSR count). The summed E-state index contributed by atoms with van der Waals surface area (Å²) in [5.41, 5.74) is 4.22. The van der Waals surface area contributed by atoms with Crippen LogP contribution in [0.3, 0.4) is 0 Å². The van der Waals surface area contributed by atoms with E-state index in [1.807, 2.05) is 61.5 Å². The Kier molecular flexibility index (Phi) is 10.8. The van der Waals surface area contributed by atoms with Crippen molar-refractivity contribution in [2.45, 2.75) is 62.7 Å². The zero-order valence-electron chi connectivity index (χ0n) is 31.3. The van der Waals surface area contributed by atoms with Gasteiger partial charge >= 0.3 is 12.1 Å². The number of carbonyl (C=O) groups is 2. The van der Waals surface area contributed by atoms with Gasteiger partial charge in [0.15, 0.2) is 0 Å². The number of amides is 4. The lowest BCUT2D eigenvalue weighted by molar-refractivity contribution is 0.0689. The van der Waals surface area contributed by atoms with Gasteiger partial charge in [-0.25, -0.2) is 28.4 Å². The third kappa shape index (κ3) is 7.40.